The molecule has 1 aliphatic rings. The van der Waals surface area contributed by atoms with E-state index in [0.29, 0.717) is 17.7 Å². The van der Waals surface area contributed by atoms with Gasteiger partial charge in [0.15, 0.2) is 5.96 Å². The van der Waals surface area contributed by atoms with Crippen LogP contribution in [0.2, 0.25) is 0 Å². The number of imidazole rings is 1. The molecular weight excluding hydrogens is 767 g/mol. The van der Waals surface area contributed by atoms with Crippen molar-refractivity contribution in [3.63, 3.8) is 0 Å². The number of amides is 8. The Kier molecular flexibility index (Phi) is 17.1. The third-order valence-electron chi connectivity index (χ3n) is 9.10. The first kappa shape index (κ1) is 44.7. The Morgan fingerprint density at radius 1 is 0.847 bits per heavy atom. The molecule has 21 nitrogen and oxygen atoms in total. The fourth-order valence-electron chi connectivity index (χ4n) is 6.12. The van der Waals surface area contributed by atoms with Crippen LogP contribution in [-0.4, -0.2) is 120 Å². The van der Waals surface area contributed by atoms with E-state index in [1.807, 2.05) is 36.4 Å². The summed E-state index contributed by atoms with van der Waals surface area (Å²) in [5.41, 5.74) is 6.39. The van der Waals surface area contributed by atoms with E-state index in [1.54, 1.807) is 6.07 Å². The van der Waals surface area contributed by atoms with E-state index in [4.69, 9.17) is 11.1 Å². The van der Waals surface area contributed by atoms with E-state index < -0.39 is 84.5 Å². The second-order valence-corrected chi connectivity index (χ2v) is 13.8. The topological polar surface area (TPSA) is 323 Å². The molecule has 1 saturated heterocycles. The zero-order valence-corrected chi connectivity index (χ0v) is 32.6. The minimum atomic E-state index is -1.41. The van der Waals surface area contributed by atoms with Gasteiger partial charge in [0.1, 0.15) is 24.2 Å². The Labute approximate surface area is 339 Å². The monoisotopic (exact) mass is 817 g/mol. The van der Waals surface area contributed by atoms with Crippen molar-refractivity contribution in [1.82, 2.24) is 57.8 Å². The zero-order valence-electron chi connectivity index (χ0n) is 32.6. The number of hydrogen-bond acceptors (Lipinski definition) is 10. The van der Waals surface area contributed by atoms with Crippen molar-refractivity contribution in [2.45, 2.75) is 69.6 Å². The number of nitrogens with one attached hydrogen (secondary N) is 11. The van der Waals surface area contributed by atoms with Crippen molar-refractivity contribution >= 4 is 64.0 Å². The molecule has 1 aromatic heterocycles. The van der Waals surface area contributed by atoms with Crippen molar-refractivity contribution in [1.29, 1.82) is 5.41 Å². The molecule has 0 aliphatic carbocycles. The maximum absolute atomic E-state index is 14.2. The van der Waals surface area contributed by atoms with Gasteiger partial charge in [0.05, 0.1) is 25.1 Å². The van der Waals surface area contributed by atoms with Crippen LogP contribution in [0, 0.1) is 5.41 Å². The number of rotatable bonds is 11. The molecule has 2 aromatic carbocycles. The number of carbonyl (C=O) groups is 8. The Bertz CT molecular complexity index is 1990. The predicted octanol–water partition coefficient (Wildman–Crippen LogP) is -3.17. The lowest BCUT2D eigenvalue weighted by molar-refractivity contribution is -0.135. The highest BCUT2D eigenvalue weighted by molar-refractivity contribution is 5.97. The number of benzene rings is 2. The summed E-state index contributed by atoms with van der Waals surface area (Å²) in [4.78, 5) is 112. The van der Waals surface area contributed by atoms with E-state index in [9.17, 15) is 38.4 Å². The summed E-state index contributed by atoms with van der Waals surface area (Å²) in [5.74, 6) is -5.68. The third kappa shape index (κ3) is 15.4. The summed E-state index contributed by atoms with van der Waals surface area (Å²) in [6.07, 6.45) is 2.59. The number of fused-ring (bicyclic) bond motifs is 1. The molecule has 0 unspecified atom stereocenters. The minimum absolute atomic E-state index is 0.00120. The van der Waals surface area contributed by atoms with E-state index in [1.165, 1.54) is 19.4 Å². The van der Waals surface area contributed by atoms with Crippen LogP contribution in [0.15, 0.2) is 55.0 Å². The zero-order chi connectivity index (χ0) is 42.7. The molecule has 13 N–H and O–H groups in total. The molecule has 2 heterocycles. The summed E-state index contributed by atoms with van der Waals surface area (Å²) in [5, 5.41) is 32.4. The van der Waals surface area contributed by atoms with Gasteiger partial charge < -0.3 is 58.6 Å². The number of carbonyl (C=O) groups excluding carboxylic acids is 8. The van der Waals surface area contributed by atoms with Gasteiger partial charge in [0.25, 0.3) is 0 Å². The first-order valence-corrected chi connectivity index (χ1v) is 19.1. The Morgan fingerprint density at radius 2 is 1.53 bits per heavy atom. The molecule has 21 heteroatoms. The molecule has 1 fully saturated rings. The summed E-state index contributed by atoms with van der Waals surface area (Å²) in [6.45, 7) is 0.523. The molecule has 4 rings (SSSR count). The van der Waals surface area contributed by atoms with Gasteiger partial charge in [-0.1, -0.05) is 42.5 Å². The average molecular weight is 818 g/mol. The number of aromatic amines is 1. The van der Waals surface area contributed by atoms with Gasteiger partial charge in [-0.15, -0.1) is 0 Å². The lowest BCUT2D eigenvalue weighted by atomic mass is 10.0. The van der Waals surface area contributed by atoms with E-state index in [2.05, 4.69) is 57.8 Å². The van der Waals surface area contributed by atoms with Gasteiger partial charge in [-0.05, 0) is 35.6 Å². The lowest BCUT2D eigenvalue weighted by Crippen LogP contribution is -2.59. The highest BCUT2D eigenvalue weighted by atomic mass is 16.2. The van der Waals surface area contributed by atoms with E-state index in [-0.39, 0.29) is 57.7 Å². The number of aromatic nitrogens is 2. The molecular formula is C38H51N13O8. The maximum Gasteiger partial charge on any atom is 0.243 e. The number of nitrogens with two attached hydrogens (primary N) is 1. The largest absolute Gasteiger partial charge is 0.370 e. The van der Waals surface area contributed by atoms with Crippen LogP contribution in [0.25, 0.3) is 10.8 Å². The van der Waals surface area contributed by atoms with Crippen LogP contribution in [-0.2, 0) is 51.2 Å². The molecule has 316 valence electrons. The van der Waals surface area contributed by atoms with Gasteiger partial charge in [0, 0.05) is 52.0 Å². The first-order valence-electron chi connectivity index (χ1n) is 19.1. The molecule has 0 bridgehead atoms. The Hall–Kier alpha value is -7.06. The number of nitrogens with zero attached hydrogens (tertiary/aromatic N) is 1. The van der Waals surface area contributed by atoms with Crippen molar-refractivity contribution in [3.05, 3.63) is 66.2 Å². The van der Waals surface area contributed by atoms with Crippen LogP contribution < -0.4 is 53.6 Å². The van der Waals surface area contributed by atoms with E-state index in [0.717, 1.165) is 10.8 Å². The highest BCUT2D eigenvalue weighted by Crippen LogP contribution is 2.17. The van der Waals surface area contributed by atoms with Gasteiger partial charge in [-0.3, -0.25) is 43.8 Å². The van der Waals surface area contributed by atoms with Crippen molar-refractivity contribution < 1.29 is 38.4 Å². The highest BCUT2D eigenvalue weighted by Gasteiger charge is 2.32. The summed E-state index contributed by atoms with van der Waals surface area (Å²) < 4.78 is 0. The second kappa shape index (κ2) is 22.6. The van der Waals surface area contributed by atoms with Gasteiger partial charge in [-0.25, -0.2) is 4.98 Å². The Balaban J connectivity index is 1.64. The first-order chi connectivity index (χ1) is 28.3. The SMILES string of the molecule is CC(=O)N[C@H](CCCNC(=N)N)C(=O)N[C@H]1CCC(=O)NCCNC(=O)CNC(=O)CNC(=O)[C@@H](Cc2ccc3ccccc3c2)NC(=O)[C@H](Cc2c[nH]cn2)NC1=O. The fourth-order valence-corrected chi connectivity index (χ4v) is 6.12. The molecule has 59 heavy (non-hydrogen) atoms. The number of hydrogen-bond donors (Lipinski definition) is 12. The molecule has 3 aromatic rings. The molecule has 0 saturated carbocycles. The standard InChI is InChI=1S/C38H51N13O8/c1-22(52)48-27(7-4-12-44-38(39)40)35(57)49-28-10-11-31(53)42-13-14-43-32(54)19-45-33(55)20-46-34(56)29(16-23-8-9-24-5-2-3-6-25(24)15-23)50-37(59)30(51-36(28)58)17-26-18-41-21-47-26/h2-3,5-6,8-9,15,18,21,27-30H,4,7,10-14,16-17,19-20H2,1H3,(H,41,47)(H,42,53)(H,43,54)(H,45,55)(H,46,56)(H,48,52)(H,49,57)(H,50,59)(H,51,58)(H4,39,40,44)/t27-,28+,29-,30+/m1/s1. The quantitative estimate of drug-likeness (QED) is 0.0520. The van der Waals surface area contributed by atoms with Crippen molar-refractivity contribution in [2.24, 2.45) is 5.73 Å². The third-order valence-corrected chi connectivity index (χ3v) is 9.10. The van der Waals surface area contributed by atoms with Crippen LogP contribution in [0.5, 0.6) is 0 Å². The fraction of sp³-hybridized carbons (Fsp3) is 0.421. The van der Waals surface area contributed by atoms with E-state index >= 15 is 0 Å². The van der Waals surface area contributed by atoms with Crippen LogP contribution >= 0.6 is 0 Å². The maximum atomic E-state index is 14.2. The van der Waals surface area contributed by atoms with Crippen molar-refractivity contribution in [3.8, 4) is 0 Å². The normalized spacial score (nSPS) is 19.6. The number of guanidine groups is 1. The molecule has 1 aliphatic heterocycles. The van der Waals surface area contributed by atoms with Crippen molar-refractivity contribution in [2.75, 3.05) is 32.7 Å². The average Bonchev–Trinajstić information content (AvgIpc) is 3.72. The van der Waals surface area contributed by atoms with Gasteiger partial charge in [0.2, 0.25) is 47.3 Å². The Morgan fingerprint density at radius 3 is 2.24 bits per heavy atom. The van der Waals surface area contributed by atoms with Crippen LogP contribution in [0.4, 0.5) is 0 Å². The predicted molar refractivity (Wildman–Crippen MR) is 214 cm³/mol. The van der Waals surface area contributed by atoms with Gasteiger partial charge in [-0.2, -0.15) is 0 Å². The number of H-pyrrole nitrogens is 1. The molecule has 0 spiro atoms. The lowest BCUT2D eigenvalue weighted by Gasteiger charge is -2.26. The van der Waals surface area contributed by atoms with Gasteiger partial charge >= 0.3 is 0 Å². The van der Waals surface area contributed by atoms with Crippen LogP contribution in [0.3, 0.4) is 0 Å². The summed E-state index contributed by atoms with van der Waals surface area (Å²) >= 11 is 0. The molecule has 0 radical (unpaired) electrons. The summed E-state index contributed by atoms with van der Waals surface area (Å²) in [6, 6.07) is 7.94. The molecule has 4 atom stereocenters. The minimum Gasteiger partial charge on any atom is -0.370 e. The summed E-state index contributed by atoms with van der Waals surface area (Å²) in [7, 11) is 0. The second-order valence-electron chi connectivity index (χ2n) is 13.8. The smallest absolute Gasteiger partial charge is 0.243 e. The molecule has 8 amide bonds. The van der Waals surface area contributed by atoms with Crippen LogP contribution in [0.1, 0.15) is 43.9 Å².